The van der Waals surface area contributed by atoms with E-state index in [1.54, 1.807) is 24.3 Å². The fourth-order valence-electron chi connectivity index (χ4n) is 2.70. The van der Waals surface area contributed by atoms with Crippen LogP contribution in [0.15, 0.2) is 54.6 Å². The maximum absolute atomic E-state index is 12.4. The molecule has 0 spiro atoms. The van der Waals surface area contributed by atoms with E-state index in [9.17, 15) is 9.59 Å². The Kier molecular flexibility index (Phi) is 8.81. The van der Waals surface area contributed by atoms with Gasteiger partial charge in [0.25, 0.3) is 0 Å². The minimum atomic E-state index is -0.563. The van der Waals surface area contributed by atoms with Crippen molar-refractivity contribution in [3.63, 3.8) is 0 Å². The number of hydroxylamine groups is 1. The highest BCUT2D eigenvalue weighted by molar-refractivity contribution is 5.94. The number of nitrogens with two attached hydrogens (primary N) is 1. The zero-order valence-electron chi connectivity index (χ0n) is 16.4. The zero-order chi connectivity index (χ0) is 21.1. The van der Waals surface area contributed by atoms with Gasteiger partial charge >= 0.3 is 0 Å². The number of carbonyl (C=O) groups excluding carboxylic acids is 2. The second-order valence-corrected chi connectivity index (χ2v) is 6.50. The third-order valence-electron chi connectivity index (χ3n) is 4.32. The Bertz CT molecular complexity index is 809. The molecule has 2 aromatic rings. The summed E-state index contributed by atoms with van der Waals surface area (Å²) < 4.78 is 0. The lowest BCUT2D eigenvalue weighted by atomic mass is 10.1. The molecule has 0 bridgehead atoms. The summed E-state index contributed by atoms with van der Waals surface area (Å²) in [5.74, 6) is -0.605. The number of amidine groups is 1. The molecule has 2 amide bonds. The van der Waals surface area contributed by atoms with Gasteiger partial charge in [-0.3, -0.25) is 15.0 Å². The van der Waals surface area contributed by atoms with E-state index in [0.717, 1.165) is 11.1 Å². The van der Waals surface area contributed by atoms with Crippen molar-refractivity contribution < 1.29 is 14.4 Å². The SMILES string of the molecule is CON[C@H](CCc1ccccc1)C(=O)NCC(=O)NCc1ccc(C(=N)N)cc1. The van der Waals surface area contributed by atoms with Crippen LogP contribution in [0.2, 0.25) is 0 Å². The first kappa shape index (κ1) is 22.1. The Morgan fingerprint density at radius 1 is 1.03 bits per heavy atom. The molecule has 6 N–H and O–H groups in total. The second-order valence-electron chi connectivity index (χ2n) is 6.50. The number of aryl methyl sites for hydroxylation is 1. The summed E-state index contributed by atoms with van der Waals surface area (Å²) in [7, 11) is 1.45. The highest BCUT2D eigenvalue weighted by Crippen LogP contribution is 2.06. The molecule has 0 aliphatic heterocycles. The van der Waals surface area contributed by atoms with Gasteiger partial charge in [0.05, 0.1) is 13.7 Å². The molecule has 2 rings (SSSR count). The largest absolute Gasteiger partial charge is 0.384 e. The molecular formula is C21H27N5O3. The van der Waals surface area contributed by atoms with Crippen LogP contribution >= 0.6 is 0 Å². The van der Waals surface area contributed by atoms with Gasteiger partial charge in [0.2, 0.25) is 11.8 Å². The monoisotopic (exact) mass is 397 g/mol. The fraction of sp³-hybridized carbons (Fsp3) is 0.286. The highest BCUT2D eigenvalue weighted by atomic mass is 16.6. The molecule has 0 heterocycles. The lowest BCUT2D eigenvalue weighted by Gasteiger charge is -2.17. The Morgan fingerprint density at radius 2 is 1.72 bits per heavy atom. The molecule has 1 atom stereocenters. The van der Waals surface area contributed by atoms with Gasteiger partial charge in [-0.25, -0.2) is 0 Å². The lowest BCUT2D eigenvalue weighted by Crippen LogP contribution is -2.47. The van der Waals surface area contributed by atoms with Crippen LogP contribution in [0.1, 0.15) is 23.1 Å². The van der Waals surface area contributed by atoms with Gasteiger partial charge in [0.15, 0.2) is 0 Å². The number of carbonyl (C=O) groups is 2. The van der Waals surface area contributed by atoms with E-state index in [-0.39, 0.29) is 24.2 Å². The zero-order valence-corrected chi connectivity index (χ0v) is 16.4. The topological polar surface area (TPSA) is 129 Å². The van der Waals surface area contributed by atoms with Crippen molar-refractivity contribution in [2.45, 2.75) is 25.4 Å². The number of hydrogen-bond donors (Lipinski definition) is 5. The number of nitrogen functional groups attached to an aromatic ring is 1. The summed E-state index contributed by atoms with van der Waals surface area (Å²) in [6, 6.07) is 16.3. The molecule has 154 valence electrons. The van der Waals surface area contributed by atoms with E-state index in [1.165, 1.54) is 7.11 Å². The van der Waals surface area contributed by atoms with Gasteiger partial charge < -0.3 is 21.2 Å². The van der Waals surface area contributed by atoms with Gasteiger partial charge in [-0.05, 0) is 24.0 Å². The van der Waals surface area contributed by atoms with Crippen molar-refractivity contribution in [2.24, 2.45) is 5.73 Å². The standard InChI is InChI=1S/C21H27N5O3/c1-29-26-18(12-9-15-5-3-2-4-6-15)21(28)25-14-19(27)24-13-16-7-10-17(11-8-16)20(22)23/h2-8,10-11,18,26H,9,12-14H2,1H3,(H3,22,23)(H,24,27)(H,25,28)/t18-/m1/s1. The highest BCUT2D eigenvalue weighted by Gasteiger charge is 2.18. The van der Waals surface area contributed by atoms with Crippen molar-refractivity contribution in [1.82, 2.24) is 16.1 Å². The van der Waals surface area contributed by atoms with E-state index in [4.69, 9.17) is 16.0 Å². The van der Waals surface area contributed by atoms with E-state index < -0.39 is 6.04 Å². The minimum Gasteiger partial charge on any atom is -0.384 e. The first-order chi connectivity index (χ1) is 14.0. The quantitative estimate of drug-likeness (QED) is 0.218. The molecule has 0 aliphatic rings. The molecule has 29 heavy (non-hydrogen) atoms. The molecular weight excluding hydrogens is 370 g/mol. The number of hydrogen-bond acceptors (Lipinski definition) is 5. The average molecular weight is 397 g/mol. The third kappa shape index (κ3) is 7.73. The van der Waals surface area contributed by atoms with E-state index in [0.29, 0.717) is 24.9 Å². The smallest absolute Gasteiger partial charge is 0.239 e. The first-order valence-corrected chi connectivity index (χ1v) is 9.29. The molecule has 8 heteroatoms. The van der Waals surface area contributed by atoms with Gasteiger partial charge in [0.1, 0.15) is 11.9 Å². The molecule has 0 saturated heterocycles. The van der Waals surface area contributed by atoms with Crippen LogP contribution in [0, 0.1) is 5.41 Å². The summed E-state index contributed by atoms with van der Waals surface area (Å²) in [5.41, 5.74) is 10.7. The number of amides is 2. The number of nitrogens with one attached hydrogen (secondary N) is 4. The molecule has 2 aromatic carbocycles. The third-order valence-corrected chi connectivity index (χ3v) is 4.32. The van der Waals surface area contributed by atoms with E-state index in [1.807, 2.05) is 30.3 Å². The van der Waals surface area contributed by atoms with Gasteiger partial charge in [-0.1, -0.05) is 54.6 Å². The van der Waals surface area contributed by atoms with Crippen molar-refractivity contribution in [1.29, 1.82) is 5.41 Å². The maximum atomic E-state index is 12.4. The number of benzene rings is 2. The Hall–Kier alpha value is -3.23. The summed E-state index contributed by atoms with van der Waals surface area (Å²) in [6.07, 6.45) is 1.24. The Morgan fingerprint density at radius 3 is 2.34 bits per heavy atom. The first-order valence-electron chi connectivity index (χ1n) is 9.29. The molecule has 0 unspecified atom stereocenters. The minimum absolute atomic E-state index is 0.00483. The van der Waals surface area contributed by atoms with Crippen LogP contribution in [0.5, 0.6) is 0 Å². The van der Waals surface area contributed by atoms with Gasteiger partial charge in [0, 0.05) is 12.1 Å². The molecule has 0 radical (unpaired) electrons. The summed E-state index contributed by atoms with van der Waals surface area (Å²) in [4.78, 5) is 29.3. The van der Waals surface area contributed by atoms with Crippen LogP contribution in [0.3, 0.4) is 0 Å². The fourth-order valence-corrected chi connectivity index (χ4v) is 2.70. The van der Waals surface area contributed by atoms with Crippen molar-refractivity contribution in [2.75, 3.05) is 13.7 Å². The average Bonchev–Trinajstić information content (AvgIpc) is 2.74. The number of rotatable bonds is 11. The van der Waals surface area contributed by atoms with Crippen LogP contribution in [-0.2, 0) is 27.4 Å². The summed E-state index contributed by atoms with van der Waals surface area (Å²) in [5, 5.41) is 12.7. The Balaban J connectivity index is 1.75. The van der Waals surface area contributed by atoms with Crippen LogP contribution in [-0.4, -0.2) is 37.3 Å². The summed E-state index contributed by atoms with van der Waals surface area (Å²) in [6.45, 7) is 0.193. The van der Waals surface area contributed by atoms with E-state index in [2.05, 4.69) is 16.1 Å². The molecule has 0 aliphatic carbocycles. The van der Waals surface area contributed by atoms with Crippen LogP contribution in [0.25, 0.3) is 0 Å². The normalized spacial score (nSPS) is 11.5. The van der Waals surface area contributed by atoms with Crippen molar-refractivity contribution in [3.8, 4) is 0 Å². The van der Waals surface area contributed by atoms with Gasteiger partial charge in [-0.2, -0.15) is 5.48 Å². The van der Waals surface area contributed by atoms with E-state index >= 15 is 0 Å². The van der Waals surface area contributed by atoms with Gasteiger partial charge in [-0.15, -0.1) is 0 Å². The molecule has 0 saturated carbocycles. The molecule has 0 fully saturated rings. The van der Waals surface area contributed by atoms with Crippen LogP contribution < -0.4 is 21.8 Å². The maximum Gasteiger partial charge on any atom is 0.239 e. The molecule has 0 aromatic heterocycles. The second kappa shape index (κ2) is 11.6. The lowest BCUT2D eigenvalue weighted by molar-refractivity contribution is -0.129. The molecule has 8 nitrogen and oxygen atoms in total. The predicted octanol–water partition coefficient (Wildman–Crippen LogP) is 0.855. The Labute approximate surface area is 170 Å². The summed E-state index contributed by atoms with van der Waals surface area (Å²) >= 11 is 0. The van der Waals surface area contributed by atoms with Crippen molar-refractivity contribution >= 4 is 17.6 Å². The van der Waals surface area contributed by atoms with Crippen molar-refractivity contribution in [3.05, 3.63) is 71.3 Å². The predicted molar refractivity (Wildman–Crippen MR) is 111 cm³/mol. The van der Waals surface area contributed by atoms with Crippen LogP contribution in [0.4, 0.5) is 0 Å².